The lowest BCUT2D eigenvalue weighted by atomic mass is 10.1. The fraction of sp³-hybridized carbons (Fsp3) is 0.500. The minimum Gasteiger partial charge on any atom is -0.493 e. The van der Waals surface area contributed by atoms with Crippen LogP contribution in [-0.4, -0.2) is 39.4 Å². The maximum absolute atomic E-state index is 12.0. The van der Waals surface area contributed by atoms with Crippen molar-refractivity contribution >= 4 is 5.91 Å². The Balaban J connectivity index is 2.80. The summed E-state index contributed by atoms with van der Waals surface area (Å²) in [5.41, 5.74) is 0.531. The van der Waals surface area contributed by atoms with E-state index < -0.39 is 0 Å². The molecule has 0 radical (unpaired) electrons. The van der Waals surface area contributed by atoms with Crippen LogP contribution in [-0.2, 0) is 4.74 Å². The Kier molecular flexibility index (Phi) is 6.15. The predicted molar refractivity (Wildman–Crippen MR) is 73.0 cm³/mol. The van der Waals surface area contributed by atoms with Crippen molar-refractivity contribution in [2.75, 3.05) is 27.4 Å². The Morgan fingerprint density at radius 1 is 1.32 bits per heavy atom. The highest BCUT2D eigenvalue weighted by Crippen LogP contribution is 2.27. The number of carbonyl (C=O) groups excluding carboxylic acids is 1. The van der Waals surface area contributed by atoms with Gasteiger partial charge in [-0.3, -0.25) is 4.79 Å². The van der Waals surface area contributed by atoms with Gasteiger partial charge in [-0.2, -0.15) is 0 Å². The van der Waals surface area contributed by atoms with Gasteiger partial charge in [-0.05, 0) is 32.0 Å². The van der Waals surface area contributed by atoms with E-state index in [1.54, 1.807) is 32.4 Å². The molecule has 0 aliphatic carbocycles. The lowest BCUT2D eigenvalue weighted by Crippen LogP contribution is -2.35. The molecule has 1 aromatic carbocycles. The molecule has 0 heterocycles. The van der Waals surface area contributed by atoms with Crippen molar-refractivity contribution in [1.82, 2.24) is 5.32 Å². The molecule has 1 aromatic rings. The zero-order valence-corrected chi connectivity index (χ0v) is 11.9. The van der Waals surface area contributed by atoms with Gasteiger partial charge >= 0.3 is 0 Å². The van der Waals surface area contributed by atoms with Crippen LogP contribution < -0.4 is 14.8 Å². The van der Waals surface area contributed by atoms with Crippen LogP contribution >= 0.6 is 0 Å². The molecule has 1 atom stereocenters. The summed E-state index contributed by atoms with van der Waals surface area (Å²) in [7, 11) is 3.15. The highest BCUT2D eigenvalue weighted by molar-refractivity contribution is 5.95. The molecule has 1 unspecified atom stereocenters. The van der Waals surface area contributed by atoms with Crippen molar-refractivity contribution in [2.24, 2.45) is 0 Å². The Bertz CT molecular complexity index is 420. The molecule has 1 rings (SSSR count). The first-order valence-corrected chi connectivity index (χ1v) is 6.23. The zero-order chi connectivity index (χ0) is 14.3. The first-order chi connectivity index (χ1) is 9.12. The van der Waals surface area contributed by atoms with Gasteiger partial charge in [0.1, 0.15) is 0 Å². The van der Waals surface area contributed by atoms with Crippen LogP contribution in [0.3, 0.4) is 0 Å². The second-order valence-corrected chi connectivity index (χ2v) is 4.13. The van der Waals surface area contributed by atoms with Crippen LogP contribution in [0.2, 0.25) is 0 Å². The molecule has 5 nitrogen and oxygen atoms in total. The number of rotatable bonds is 7. The van der Waals surface area contributed by atoms with Gasteiger partial charge in [0.25, 0.3) is 5.91 Å². The minimum absolute atomic E-state index is 0.0462. The van der Waals surface area contributed by atoms with E-state index in [-0.39, 0.29) is 11.9 Å². The molecule has 0 spiro atoms. The van der Waals surface area contributed by atoms with Crippen LogP contribution in [0.4, 0.5) is 0 Å². The summed E-state index contributed by atoms with van der Waals surface area (Å²) >= 11 is 0. The quantitative estimate of drug-likeness (QED) is 0.819. The minimum atomic E-state index is -0.161. The van der Waals surface area contributed by atoms with Crippen molar-refractivity contribution in [1.29, 1.82) is 0 Å². The Morgan fingerprint density at radius 3 is 2.63 bits per heavy atom. The maximum Gasteiger partial charge on any atom is 0.251 e. The number of methoxy groups -OCH3 is 2. The summed E-state index contributed by atoms with van der Waals surface area (Å²) in [5, 5.41) is 2.84. The lowest BCUT2D eigenvalue weighted by molar-refractivity contribution is 0.0905. The van der Waals surface area contributed by atoms with Gasteiger partial charge in [0, 0.05) is 18.7 Å². The molecule has 0 aliphatic heterocycles. The highest BCUT2D eigenvalue weighted by atomic mass is 16.5. The van der Waals surface area contributed by atoms with Gasteiger partial charge in [0.05, 0.1) is 20.3 Å². The Morgan fingerprint density at radius 2 is 2.05 bits per heavy atom. The number of ether oxygens (including phenoxy) is 3. The highest BCUT2D eigenvalue weighted by Gasteiger charge is 2.13. The van der Waals surface area contributed by atoms with E-state index in [4.69, 9.17) is 14.2 Å². The van der Waals surface area contributed by atoms with E-state index in [9.17, 15) is 4.79 Å². The predicted octanol–water partition coefficient (Wildman–Crippen LogP) is 1.86. The largest absolute Gasteiger partial charge is 0.493 e. The van der Waals surface area contributed by atoms with Crippen LogP contribution in [0.5, 0.6) is 11.5 Å². The van der Waals surface area contributed by atoms with Crippen LogP contribution in [0.15, 0.2) is 18.2 Å². The first-order valence-electron chi connectivity index (χ1n) is 6.23. The lowest BCUT2D eigenvalue weighted by Gasteiger charge is -2.14. The maximum atomic E-state index is 12.0. The van der Waals surface area contributed by atoms with E-state index in [0.717, 1.165) is 0 Å². The Hall–Kier alpha value is -1.75. The third-order valence-corrected chi connectivity index (χ3v) is 2.52. The molecular weight excluding hydrogens is 246 g/mol. The molecule has 19 heavy (non-hydrogen) atoms. The number of carbonyl (C=O) groups is 1. The summed E-state index contributed by atoms with van der Waals surface area (Å²) < 4.78 is 15.6. The Labute approximate surface area is 113 Å². The van der Waals surface area contributed by atoms with Crippen LogP contribution in [0.1, 0.15) is 24.2 Å². The molecule has 0 aliphatic rings. The van der Waals surface area contributed by atoms with Crippen LogP contribution in [0, 0.1) is 0 Å². The van der Waals surface area contributed by atoms with E-state index in [1.165, 1.54) is 0 Å². The topological polar surface area (TPSA) is 56.8 Å². The number of nitrogens with one attached hydrogen (secondary N) is 1. The molecule has 0 saturated heterocycles. The second kappa shape index (κ2) is 7.63. The van der Waals surface area contributed by atoms with Crippen molar-refractivity contribution < 1.29 is 19.0 Å². The summed E-state index contributed by atoms with van der Waals surface area (Å²) in [6, 6.07) is 5.07. The average molecular weight is 267 g/mol. The third kappa shape index (κ3) is 4.44. The average Bonchev–Trinajstić information content (AvgIpc) is 2.39. The van der Waals surface area contributed by atoms with E-state index in [2.05, 4.69) is 5.32 Å². The standard InChI is InChI=1S/C14H21NO4/c1-5-19-12-7-6-11(8-13(12)18-4)14(16)15-10(2)9-17-3/h6-8,10H,5,9H2,1-4H3,(H,15,16). The normalized spacial score (nSPS) is 11.8. The summed E-state index contributed by atoms with van der Waals surface area (Å²) in [5.74, 6) is 1.02. The number of hydrogen-bond donors (Lipinski definition) is 1. The van der Waals surface area contributed by atoms with Gasteiger partial charge in [-0.1, -0.05) is 0 Å². The summed E-state index contributed by atoms with van der Waals surface area (Å²) in [6.07, 6.45) is 0. The van der Waals surface area contributed by atoms with Gasteiger partial charge in [0.2, 0.25) is 0 Å². The van der Waals surface area contributed by atoms with Gasteiger partial charge in [-0.15, -0.1) is 0 Å². The van der Waals surface area contributed by atoms with Crippen molar-refractivity contribution in [2.45, 2.75) is 19.9 Å². The third-order valence-electron chi connectivity index (χ3n) is 2.52. The molecule has 0 bridgehead atoms. The summed E-state index contributed by atoms with van der Waals surface area (Å²) in [6.45, 7) is 4.80. The molecule has 5 heteroatoms. The number of amides is 1. The molecule has 0 aromatic heterocycles. The van der Waals surface area contributed by atoms with Gasteiger partial charge in [-0.25, -0.2) is 0 Å². The van der Waals surface area contributed by atoms with Crippen molar-refractivity contribution in [3.63, 3.8) is 0 Å². The summed E-state index contributed by atoms with van der Waals surface area (Å²) in [4.78, 5) is 12.0. The molecule has 1 amide bonds. The van der Waals surface area contributed by atoms with Gasteiger partial charge in [0.15, 0.2) is 11.5 Å². The van der Waals surface area contributed by atoms with Gasteiger partial charge < -0.3 is 19.5 Å². The molecular formula is C14H21NO4. The van der Waals surface area contributed by atoms with Crippen LogP contribution in [0.25, 0.3) is 0 Å². The van der Waals surface area contributed by atoms with Crippen molar-refractivity contribution in [3.8, 4) is 11.5 Å². The van der Waals surface area contributed by atoms with E-state index in [0.29, 0.717) is 30.3 Å². The zero-order valence-electron chi connectivity index (χ0n) is 11.9. The number of benzene rings is 1. The molecule has 0 saturated carbocycles. The SMILES string of the molecule is CCOc1ccc(C(=O)NC(C)COC)cc1OC. The monoisotopic (exact) mass is 267 g/mol. The fourth-order valence-corrected chi connectivity index (χ4v) is 1.68. The molecule has 106 valence electrons. The second-order valence-electron chi connectivity index (χ2n) is 4.13. The molecule has 0 fully saturated rings. The number of hydrogen-bond acceptors (Lipinski definition) is 4. The molecule has 1 N–H and O–H groups in total. The first kappa shape index (κ1) is 15.3. The van der Waals surface area contributed by atoms with Crippen molar-refractivity contribution in [3.05, 3.63) is 23.8 Å². The smallest absolute Gasteiger partial charge is 0.251 e. The fourth-order valence-electron chi connectivity index (χ4n) is 1.68. The van der Waals surface area contributed by atoms with E-state index >= 15 is 0 Å². The van der Waals surface area contributed by atoms with E-state index in [1.807, 2.05) is 13.8 Å².